The van der Waals surface area contributed by atoms with E-state index in [9.17, 15) is 4.79 Å². The first kappa shape index (κ1) is 16.9. The van der Waals surface area contributed by atoms with E-state index in [1.807, 2.05) is 18.2 Å². The Bertz CT molecular complexity index is 643. The number of hydrogen-bond acceptors (Lipinski definition) is 3. The van der Waals surface area contributed by atoms with E-state index in [1.165, 1.54) is 5.56 Å². The summed E-state index contributed by atoms with van der Waals surface area (Å²) in [6, 6.07) is 15.3. The van der Waals surface area contributed by atoms with Gasteiger partial charge in [-0.05, 0) is 17.7 Å². The van der Waals surface area contributed by atoms with Crippen LogP contribution in [0.25, 0.3) is 0 Å². The molecule has 0 saturated carbocycles. The number of amides is 1. The molecule has 23 heavy (non-hydrogen) atoms. The quantitative estimate of drug-likeness (QED) is 0.889. The third-order valence-electron chi connectivity index (χ3n) is 3.86. The van der Waals surface area contributed by atoms with Crippen molar-refractivity contribution in [2.75, 3.05) is 20.8 Å². The Labute approximate surface area is 137 Å². The van der Waals surface area contributed by atoms with Crippen molar-refractivity contribution < 1.29 is 14.3 Å². The molecule has 0 aromatic heterocycles. The molecule has 1 N–H and O–H groups in total. The van der Waals surface area contributed by atoms with E-state index in [2.05, 4.69) is 31.3 Å². The van der Waals surface area contributed by atoms with Crippen LogP contribution < -0.4 is 14.8 Å². The van der Waals surface area contributed by atoms with Gasteiger partial charge in [0.15, 0.2) is 0 Å². The van der Waals surface area contributed by atoms with Gasteiger partial charge in [0.25, 0.3) is 5.91 Å². The van der Waals surface area contributed by atoms with Crippen LogP contribution in [-0.2, 0) is 5.41 Å². The van der Waals surface area contributed by atoms with Gasteiger partial charge in [-0.15, -0.1) is 0 Å². The van der Waals surface area contributed by atoms with Crippen LogP contribution in [-0.4, -0.2) is 26.7 Å². The van der Waals surface area contributed by atoms with Crippen molar-refractivity contribution >= 4 is 5.91 Å². The summed E-state index contributed by atoms with van der Waals surface area (Å²) >= 11 is 0. The van der Waals surface area contributed by atoms with Gasteiger partial charge in [-0.3, -0.25) is 4.79 Å². The second-order valence-corrected chi connectivity index (χ2v) is 6.03. The minimum absolute atomic E-state index is 0.147. The Hall–Kier alpha value is -2.49. The van der Waals surface area contributed by atoms with Crippen LogP contribution in [0.4, 0.5) is 0 Å². The number of hydrogen-bond donors (Lipinski definition) is 1. The molecule has 122 valence electrons. The fraction of sp³-hybridized carbons (Fsp3) is 0.316. The van der Waals surface area contributed by atoms with Crippen LogP contribution in [0.2, 0.25) is 0 Å². The first-order valence-electron chi connectivity index (χ1n) is 7.53. The Kier molecular flexibility index (Phi) is 5.27. The highest BCUT2D eigenvalue weighted by molar-refractivity contribution is 5.95. The monoisotopic (exact) mass is 313 g/mol. The Morgan fingerprint density at radius 1 is 1.00 bits per heavy atom. The number of benzene rings is 2. The van der Waals surface area contributed by atoms with Gasteiger partial charge in [-0.2, -0.15) is 0 Å². The van der Waals surface area contributed by atoms with Crippen molar-refractivity contribution in [1.29, 1.82) is 0 Å². The van der Waals surface area contributed by atoms with Crippen LogP contribution in [0, 0.1) is 0 Å². The predicted molar refractivity (Wildman–Crippen MR) is 91.3 cm³/mol. The van der Waals surface area contributed by atoms with Gasteiger partial charge >= 0.3 is 0 Å². The summed E-state index contributed by atoms with van der Waals surface area (Å²) in [6.07, 6.45) is 0. The Morgan fingerprint density at radius 2 is 1.57 bits per heavy atom. The largest absolute Gasteiger partial charge is 0.497 e. The van der Waals surface area contributed by atoms with Crippen LogP contribution in [0.1, 0.15) is 29.8 Å². The number of nitrogens with one attached hydrogen (secondary N) is 1. The Balaban J connectivity index is 2.10. The van der Waals surface area contributed by atoms with Crippen molar-refractivity contribution in [3.8, 4) is 11.5 Å². The molecule has 0 unspecified atom stereocenters. The molecule has 0 aliphatic rings. The van der Waals surface area contributed by atoms with E-state index in [0.717, 1.165) is 0 Å². The molecule has 2 aromatic carbocycles. The maximum atomic E-state index is 12.4. The third kappa shape index (κ3) is 4.25. The summed E-state index contributed by atoms with van der Waals surface area (Å²) in [6.45, 7) is 4.75. The van der Waals surface area contributed by atoms with E-state index in [0.29, 0.717) is 23.6 Å². The fourth-order valence-electron chi connectivity index (χ4n) is 2.33. The molecule has 0 saturated heterocycles. The highest BCUT2D eigenvalue weighted by atomic mass is 16.5. The van der Waals surface area contributed by atoms with Crippen molar-refractivity contribution in [3.05, 3.63) is 59.7 Å². The maximum absolute atomic E-state index is 12.4. The fourth-order valence-corrected chi connectivity index (χ4v) is 2.33. The maximum Gasteiger partial charge on any atom is 0.251 e. The highest BCUT2D eigenvalue weighted by Gasteiger charge is 2.21. The molecule has 2 aromatic rings. The van der Waals surface area contributed by atoms with E-state index >= 15 is 0 Å². The van der Waals surface area contributed by atoms with Crippen molar-refractivity contribution in [1.82, 2.24) is 5.32 Å². The van der Waals surface area contributed by atoms with Crippen molar-refractivity contribution in [3.63, 3.8) is 0 Å². The molecule has 0 spiro atoms. The van der Waals surface area contributed by atoms with Crippen LogP contribution in [0.15, 0.2) is 48.5 Å². The summed E-state index contributed by atoms with van der Waals surface area (Å²) in [5.74, 6) is 1.04. The minimum Gasteiger partial charge on any atom is -0.497 e. The van der Waals surface area contributed by atoms with E-state index in [4.69, 9.17) is 9.47 Å². The number of rotatable bonds is 6. The molecular weight excluding hydrogens is 290 g/mol. The van der Waals surface area contributed by atoms with Gasteiger partial charge in [-0.1, -0.05) is 44.2 Å². The van der Waals surface area contributed by atoms with Gasteiger partial charge in [0, 0.05) is 23.6 Å². The van der Waals surface area contributed by atoms with Gasteiger partial charge < -0.3 is 14.8 Å². The zero-order chi connectivity index (χ0) is 16.9. The number of methoxy groups -OCH3 is 2. The number of ether oxygens (including phenoxy) is 2. The average molecular weight is 313 g/mol. The lowest BCUT2D eigenvalue weighted by atomic mass is 9.84. The normalized spacial score (nSPS) is 11.0. The van der Waals surface area contributed by atoms with Crippen LogP contribution in [0.3, 0.4) is 0 Å². The number of carbonyl (C=O) groups is 1. The molecule has 4 nitrogen and oxygen atoms in total. The third-order valence-corrected chi connectivity index (χ3v) is 3.86. The molecule has 2 rings (SSSR count). The van der Waals surface area contributed by atoms with E-state index in [1.54, 1.807) is 32.4 Å². The lowest BCUT2D eigenvalue weighted by molar-refractivity contribution is 0.0945. The molecule has 0 bridgehead atoms. The lowest BCUT2D eigenvalue weighted by Gasteiger charge is -2.25. The van der Waals surface area contributed by atoms with Crippen LogP contribution >= 0.6 is 0 Å². The summed E-state index contributed by atoms with van der Waals surface area (Å²) in [7, 11) is 3.13. The highest BCUT2D eigenvalue weighted by Crippen LogP contribution is 2.24. The molecule has 0 atom stereocenters. The molecular formula is C19H23NO3. The van der Waals surface area contributed by atoms with Crippen LogP contribution in [0.5, 0.6) is 11.5 Å². The molecule has 0 radical (unpaired) electrons. The molecule has 0 aliphatic heterocycles. The SMILES string of the molecule is COc1cc(OC)cc(C(=O)NCC(C)(C)c2ccccc2)c1. The van der Waals surface area contributed by atoms with Gasteiger partial charge in [0.1, 0.15) is 11.5 Å². The predicted octanol–water partition coefficient (Wildman–Crippen LogP) is 3.41. The second-order valence-electron chi connectivity index (χ2n) is 6.03. The van der Waals surface area contributed by atoms with Gasteiger partial charge in [-0.25, -0.2) is 0 Å². The molecule has 4 heteroatoms. The zero-order valence-corrected chi connectivity index (χ0v) is 14.1. The molecule has 0 aliphatic carbocycles. The standard InChI is InChI=1S/C19H23NO3/c1-19(2,15-8-6-5-7-9-15)13-20-18(21)14-10-16(22-3)12-17(11-14)23-4/h5-12H,13H2,1-4H3,(H,20,21). The van der Waals surface area contributed by atoms with Gasteiger partial charge in [0.05, 0.1) is 14.2 Å². The minimum atomic E-state index is -0.153. The molecule has 1 amide bonds. The summed E-state index contributed by atoms with van der Waals surface area (Å²) in [5.41, 5.74) is 1.55. The Morgan fingerprint density at radius 3 is 2.09 bits per heavy atom. The zero-order valence-electron chi connectivity index (χ0n) is 14.1. The van der Waals surface area contributed by atoms with Gasteiger partial charge in [0.2, 0.25) is 0 Å². The van der Waals surface area contributed by atoms with E-state index in [-0.39, 0.29) is 11.3 Å². The summed E-state index contributed by atoms with van der Waals surface area (Å²) in [4.78, 5) is 12.4. The van der Waals surface area contributed by atoms with Crippen molar-refractivity contribution in [2.45, 2.75) is 19.3 Å². The average Bonchev–Trinajstić information content (AvgIpc) is 2.59. The molecule has 0 fully saturated rings. The summed E-state index contributed by atoms with van der Waals surface area (Å²) in [5, 5.41) is 2.99. The summed E-state index contributed by atoms with van der Waals surface area (Å²) < 4.78 is 10.4. The first-order chi connectivity index (χ1) is 11.0. The second kappa shape index (κ2) is 7.18. The smallest absolute Gasteiger partial charge is 0.251 e. The van der Waals surface area contributed by atoms with Crippen molar-refractivity contribution in [2.24, 2.45) is 0 Å². The number of carbonyl (C=O) groups excluding carboxylic acids is 1. The molecule has 0 heterocycles. The lowest BCUT2D eigenvalue weighted by Crippen LogP contribution is -2.36. The topological polar surface area (TPSA) is 47.6 Å². The van der Waals surface area contributed by atoms with E-state index < -0.39 is 0 Å². The first-order valence-corrected chi connectivity index (χ1v) is 7.53.